The van der Waals surface area contributed by atoms with Crippen LogP contribution in [0.25, 0.3) is 0 Å². The lowest BCUT2D eigenvalue weighted by Crippen LogP contribution is -2.43. The molecule has 21 heavy (non-hydrogen) atoms. The molecule has 0 saturated carbocycles. The highest BCUT2D eigenvalue weighted by molar-refractivity contribution is 6.10. The van der Waals surface area contributed by atoms with Crippen molar-refractivity contribution in [3.05, 3.63) is 54.0 Å². The molecule has 0 aliphatic carbocycles. The molecule has 2 aromatic rings. The van der Waals surface area contributed by atoms with Gasteiger partial charge in [0.25, 0.3) is 0 Å². The van der Waals surface area contributed by atoms with Crippen LogP contribution < -0.4 is 4.90 Å². The van der Waals surface area contributed by atoms with Gasteiger partial charge in [-0.05, 0) is 18.2 Å². The highest BCUT2D eigenvalue weighted by atomic mass is 19.4. The number of carboxylic acids is 1. The van der Waals surface area contributed by atoms with Crippen molar-refractivity contribution < 1.29 is 32.3 Å². The fourth-order valence-corrected chi connectivity index (χ4v) is 1.70. The standard InChI is InChI=1S/C13H8F3NO4/c14-13(15,16)17(8-4-2-1-3-5-8)11(18)10-9(12(19)20)6-7-21-10/h1-7H,(H,19,20). The van der Waals surface area contributed by atoms with E-state index >= 15 is 0 Å². The van der Waals surface area contributed by atoms with E-state index in [0.717, 1.165) is 24.5 Å². The lowest BCUT2D eigenvalue weighted by molar-refractivity contribution is -0.122. The number of carbonyl (C=O) groups is 2. The van der Waals surface area contributed by atoms with Gasteiger partial charge in [0.1, 0.15) is 5.56 Å². The van der Waals surface area contributed by atoms with Crippen molar-refractivity contribution in [2.24, 2.45) is 0 Å². The Balaban J connectivity index is 2.50. The lowest BCUT2D eigenvalue weighted by atomic mass is 10.2. The molecule has 1 N–H and O–H groups in total. The zero-order valence-electron chi connectivity index (χ0n) is 10.3. The molecule has 0 spiro atoms. The van der Waals surface area contributed by atoms with Gasteiger partial charge in [0.05, 0.1) is 12.0 Å². The molecule has 1 heterocycles. The molecule has 1 amide bonds. The molecule has 0 aliphatic heterocycles. The molecule has 0 unspecified atom stereocenters. The number of nitrogens with zero attached hydrogens (tertiary/aromatic N) is 1. The average Bonchev–Trinajstić information content (AvgIpc) is 2.87. The molecule has 0 saturated heterocycles. The third-order valence-electron chi connectivity index (χ3n) is 2.56. The Labute approximate surface area is 116 Å². The quantitative estimate of drug-likeness (QED) is 0.884. The number of rotatable bonds is 3. The van der Waals surface area contributed by atoms with E-state index in [1.807, 2.05) is 0 Å². The van der Waals surface area contributed by atoms with Crippen LogP contribution in [0.2, 0.25) is 0 Å². The van der Waals surface area contributed by atoms with Crippen molar-refractivity contribution >= 4 is 17.6 Å². The first-order valence-corrected chi connectivity index (χ1v) is 5.59. The van der Waals surface area contributed by atoms with E-state index in [1.165, 1.54) is 18.2 Å². The van der Waals surface area contributed by atoms with Gasteiger partial charge in [-0.3, -0.25) is 4.79 Å². The summed E-state index contributed by atoms with van der Waals surface area (Å²) in [5, 5.41) is 8.85. The number of hydrogen-bond acceptors (Lipinski definition) is 3. The minimum atomic E-state index is -5.03. The molecular weight excluding hydrogens is 291 g/mol. The molecule has 2 rings (SSSR count). The van der Waals surface area contributed by atoms with E-state index < -0.39 is 40.1 Å². The topological polar surface area (TPSA) is 70.7 Å². The normalized spacial score (nSPS) is 11.2. The van der Waals surface area contributed by atoms with Crippen molar-refractivity contribution in [1.29, 1.82) is 0 Å². The largest absolute Gasteiger partial charge is 0.491 e. The summed E-state index contributed by atoms with van der Waals surface area (Å²) in [6.45, 7) is 0. The number of benzene rings is 1. The Hall–Kier alpha value is -2.77. The number of para-hydroxylation sites is 1. The highest BCUT2D eigenvalue weighted by Gasteiger charge is 2.44. The van der Waals surface area contributed by atoms with Crippen molar-refractivity contribution in [2.45, 2.75) is 6.30 Å². The zero-order chi connectivity index (χ0) is 15.6. The van der Waals surface area contributed by atoms with Gasteiger partial charge in [0, 0.05) is 0 Å². The van der Waals surface area contributed by atoms with Gasteiger partial charge in [-0.25, -0.2) is 9.69 Å². The van der Waals surface area contributed by atoms with E-state index in [9.17, 15) is 22.8 Å². The fraction of sp³-hybridized carbons (Fsp3) is 0.0769. The minimum Gasteiger partial charge on any atom is -0.478 e. The first-order chi connectivity index (χ1) is 9.82. The SMILES string of the molecule is O=C(O)c1ccoc1C(=O)N(c1ccccc1)C(F)(F)F. The van der Waals surface area contributed by atoms with Crippen molar-refractivity contribution in [1.82, 2.24) is 0 Å². The summed E-state index contributed by atoms with van der Waals surface area (Å²) >= 11 is 0. The van der Waals surface area contributed by atoms with Gasteiger partial charge in [-0.15, -0.1) is 13.2 Å². The average molecular weight is 299 g/mol. The van der Waals surface area contributed by atoms with Crippen molar-refractivity contribution in [3.8, 4) is 0 Å². The molecule has 5 nitrogen and oxygen atoms in total. The van der Waals surface area contributed by atoms with Gasteiger partial charge in [-0.1, -0.05) is 18.2 Å². The maximum Gasteiger partial charge on any atom is 0.491 e. The summed E-state index contributed by atoms with van der Waals surface area (Å²) in [6, 6.07) is 7.19. The third kappa shape index (κ3) is 2.88. The summed E-state index contributed by atoms with van der Waals surface area (Å²) in [5.41, 5.74) is -1.08. The van der Waals surface area contributed by atoms with Gasteiger partial charge >= 0.3 is 18.2 Å². The molecule has 0 radical (unpaired) electrons. The van der Waals surface area contributed by atoms with Crippen LogP contribution >= 0.6 is 0 Å². The summed E-state index contributed by atoms with van der Waals surface area (Å²) in [4.78, 5) is 22.4. The van der Waals surface area contributed by atoms with E-state index in [1.54, 1.807) is 0 Å². The molecule has 8 heteroatoms. The molecule has 0 aliphatic rings. The van der Waals surface area contributed by atoms with Gasteiger partial charge in [-0.2, -0.15) is 0 Å². The molecule has 0 fully saturated rings. The smallest absolute Gasteiger partial charge is 0.478 e. The number of furan rings is 1. The van der Waals surface area contributed by atoms with E-state index in [-0.39, 0.29) is 0 Å². The second kappa shape index (κ2) is 5.31. The number of alkyl halides is 3. The molecule has 0 atom stereocenters. The summed E-state index contributed by atoms with van der Waals surface area (Å²) in [6.07, 6.45) is -4.18. The molecule has 110 valence electrons. The summed E-state index contributed by atoms with van der Waals surface area (Å²) in [7, 11) is 0. The molecule has 0 bridgehead atoms. The number of carboxylic acid groups (broad SMARTS) is 1. The van der Waals surface area contributed by atoms with Crippen LogP contribution in [0.5, 0.6) is 0 Å². The van der Waals surface area contributed by atoms with Crippen molar-refractivity contribution in [2.75, 3.05) is 4.90 Å². The lowest BCUT2D eigenvalue weighted by Gasteiger charge is -2.24. The van der Waals surface area contributed by atoms with Crippen molar-refractivity contribution in [3.63, 3.8) is 0 Å². The van der Waals surface area contributed by atoms with Gasteiger partial charge in [0.15, 0.2) is 0 Å². The Morgan fingerprint density at radius 3 is 2.24 bits per heavy atom. The minimum absolute atomic E-state index is 0.442. The zero-order valence-corrected chi connectivity index (χ0v) is 10.3. The summed E-state index contributed by atoms with van der Waals surface area (Å²) < 4.78 is 43.9. The number of aromatic carboxylic acids is 1. The maximum atomic E-state index is 13.1. The maximum absolute atomic E-state index is 13.1. The molecular formula is C13H8F3NO4. The van der Waals surface area contributed by atoms with E-state index in [2.05, 4.69) is 4.42 Å². The molecule has 1 aromatic carbocycles. The number of carbonyl (C=O) groups excluding carboxylic acids is 1. The first-order valence-electron chi connectivity index (χ1n) is 5.59. The predicted octanol–water partition coefficient (Wildman–Crippen LogP) is 3.14. The Morgan fingerprint density at radius 1 is 1.10 bits per heavy atom. The van der Waals surface area contributed by atoms with Gasteiger partial charge in [0.2, 0.25) is 5.76 Å². The second-order valence-electron chi connectivity index (χ2n) is 3.91. The number of halogens is 3. The second-order valence-corrected chi connectivity index (χ2v) is 3.91. The van der Waals surface area contributed by atoms with Crippen LogP contribution in [-0.2, 0) is 0 Å². The number of amides is 1. The number of anilines is 1. The van der Waals surface area contributed by atoms with Crippen LogP contribution in [0.4, 0.5) is 18.9 Å². The van der Waals surface area contributed by atoms with Crippen LogP contribution in [0.1, 0.15) is 20.9 Å². The fourth-order valence-electron chi connectivity index (χ4n) is 1.70. The Bertz CT molecular complexity index is 664. The summed E-state index contributed by atoms with van der Waals surface area (Å²) in [5.74, 6) is -4.04. The molecule has 1 aromatic heterocycles. The third-order valence-corrected chi connectivity index (χ3v) is 2.56. The highest BCUT2D eigenvalue weighted by Crippen LogP contribution is 2.31. The van der Waals surface area contributed by atoms with Crippen LogP contribution in [0.15, 0.2) is 47.1 Å². The first kappa shape index (κ1) is 14.6. The van der Waals surface area contributed by atoms with Crippen LogP contribution in [0.3, 0.4) is 0 Å². The van der Waals surface area contributed by atoms with E-state index in [4.69, 9.17) is 5.11 Å². The van der Waals surface area contributed by atoms with Gasteiger partial charge < -0.3 is 9.52 Å². The monoisotopic (exact) mass is 299 g/mol. The van der Waals surface area contributed by atoms with E-state index in [0.29, 0.717) is 0 Å². The van der Waals surface area contributed by atoms with Crippen LogP contribution in [-0.4, -0.2) is 23.3 Å². The predicted molar refractivity (Wildman–Crippen MR) is 65.0 cm³/mol. The Kier molecular flexibility index (Phi) is 3.70. The number of hydrogen-bond donors (Lipinski definition) is 1. The Morgan fingerprint density at radius 2 is 1.71 bits per heavy atom. The van der Waals surface area contributed by atoms with Crippen LogP contribution in [0, 0.1) is 0 Å².